The number of carboxylic acids is 1. The Bertz CT molecular complexity index is 140. The SMILES string of the molecule is O=C(O)C1(CO)CCCN1. The highest BCUT2D eigenvalue weighted by molar-refractivity contribution is 5.79. The van der Waals surface area contributed by atoms with Crippen LogP contribution >= 0.6 is 0 Å². The maximum atomic E-state index is 10.5. The maximum Gasteiger partial charge on any atom is 0.326 e. The average molecular weight is 145 g/mol. The van der Waals surface area contributed by atoms with Crippen molar-refractivity contribution in [3.05, 3.63) is 0 Å². The first-order valence-corrected chi connectivity index (χ1v) is 3.30. The molecular weight excluding hydrogens is 134 g/mol. The van der Waals surface area contributed by atoms with Crippen molar-refractivity contribution >= 4 is 5.97 Å². The molecule has 1 rings (SSSR count). The molecule has 0 aliphatic carbocycles. The minimum atomic E-state index is -1.04. The molecule has 1 aliphatic heterocycles. The van der Waals surface area contributed by atoms with Crippen LogP contribution in [0, 0.1) is 0 Å². The molecular formula is C6H11NO3. The number of aliphatic hydroxyl groups is 1. The number of hydrogen-bond acceptors (Lipinski definition) is 3. The molecule has 58 valence electrons. The van der Waals surface area contributed by atoms with Gasteiger partial charge in [0.15, 0.2) is 0 Å². The molecule has 4 heteroatoms. The van der Waals surface area contributed by atoms with Crippen LogP contribution in [-0.2, 0) is 4.79 Å². The molecule has 0 aromatic rings. The Hall–Kier alpha value is -0.610. The Morgan fingerprint density at radius 3 is 2.60 bits per heavy atom. The zero-order chi connectivity index (χ0) is 7.61. The fourth-order valence-electron chi connectivity index (χ4n) is 1.19. The van der Waals surface area contributed by atoms with E-state index in [0.717, 1.165) is 6.42 Å². The van der Waals surface area contributed by atoms with Crippen molar-refractivity contribution in [2.75, 3.05) is 13.2 Å². The third-order valence-electron chi connectivity index (χ3n) is 1.92. The lowest BCUT2D eigenvalue weighted by Gasteiger charge is -2.20. The van der Waals surface area contributed by atoms with Gasteiger partial charge >= 0.3 is 5.97 Å². The van der Waals surface area contributed by atoms with Gasteiger partial charge in [-0.15, -0.1) is 0 Å². The molecule has 1 heterocycles. The van der Waals surface area contributed by atoms with Gasteiger partial charge in [0.2, 0.25) is 0 Å². The highest BCUT2D eigenvalue weighted by Crippen LogP contribution is 2.18. The van der Waals surface area contributed by atoms with E-state index in [1.165, 1.54) is 0 Å². The van der Waals surface area contributed by atoms with Gasteiger partial charge in [0.25, 0.3) is 0 Å². The molecule has 0 bridgehead atoms. The van der Waals surface area contributed by atoms with Crippen molar-refractivity contribution in [1.82, 2.24) is 5.32 Å². The van der Waals surface area contributed by atoms with E-state index in [0.29, 0.717) is 13.0 Å². The standard InChI is InChI=1S/C6H11NO3/c8-4-6(5(9)10)2-1-3-7-6/h7-8H,1-4H2,(H,9,10). The van der Waals surface area contributed by atoms with E-state index in [2.05, 4.69) is 5.32 Å². The lowest BCUT2D eigenvalue weighted by Crippen LogP contribution is -2.50. The van der Waals surface area contributed by atoms with Gasteiger partial charge in [-0.1, -0.05) is 0 Å². The second kappa shape index (κ2) is 2.56. The van der Waals surface area contributed by atoms with Crippen LogP contribution in [0.1, 0.15) is 12.8 Å². The van der Waals surface area contributed by atoms with Crippen LogP contribution in [0.3, 0.4) is 0 Å². The number of hydrogen-bond donors (Lipinski definition) is 3. The minimum absolute atomic E-state index is 0.317. The van der Waals surface area contributed by atoms with Crippen molar-refractivity contribution in [3.8, 4) is 0 Å². The molecule has 1 unspecified atom stereocenters. The van der Waals surface area contributed by atoms with E-state index in [4.69, 9.17) is 10.2 Å². The summed E-state index contributed by atoms with van der Waals surface area (Å²) in [5.74, 6) is -0.951. The minimum Gasteiger partial charge on any atom is -0.480 e. The Kier molecular flexibility index (Phi) is 1.92. The summed E-state index contributed by atoms with van der Waals surface area (Å²) >= 11 is 0. The molecule has 0 amide bonds. The molecule has 10 heavy (non-hydrogen) atoms. The fourth-order valence-corrected chi connectivity index (χ4v) is 1.19. The van der Waals surface area contributed by atoms with Gasteiger partial charge < -0.3 is 10.2 Å². The molecule has 0 aromatic heterocycles. The van der Waals surface area contributed by atoms with Gasteiger partial charge in [-0.05, 0) is 19.4 Å². The van der Waals surface area contributed by atoms with Gasteiger partial charge in [-0.2, -0.15) is 0 Å². The number of rotatable bonds is 2. The zero-order valence-corrected chi connectivity index (χ0v) is 5.63. The van der Waals surface area contributed by atoms with Crippen LogP contribution in [0.2, 0.25) is 0 Å². The monoisotopic (exact) mass is 145 g/mol. The molecule has 0 radical (unpaired) electrons. The van der Waals surface area contributed by atoms with Gasteiger partial charge in [-0.25, -0.2) is 0 Å². The zero-order valence-electron chi connectivity index (χ0n) is 5.63. The van der Waals surface area contributed by atoms with Crippen LogP contribution in [0.25, 0.3) is 0 Å². The van der Waals surface area contributed by atoms with Crippen molar-refractivity contribution in [2.45, 2.75) is 18.4 Å². The maximum absolute atomic E-state index is 10.5. The molecule has 0 spiro atoms. The first kappa shape index (κ1) is 7.50. The number of aliphatic hydroxyl groups excluding tert-OH is 1. The molecule has 0 aromatic carbocycles. The highest BCUT2D eigenvalue weighted by atomic mass is 16.4. The molecule has 1 fully saturated rings. The number of carboxylic acid groups (broad SMARTS) is 1. The van der Waals surface area contributed by atoms with Crippen LogP contribution in [-0.4, -0.2) is 34.9 Å². The van der Waals surface area contributed by atoms with E-state index >= 15 is 0 Å². The summed E-state index contributed by atoms with van der Waals surface area (Å²) < 4.78 is 0. The van der Waals surface area contributed by atoms with Crippen molar-refractivity contribution in [2.24, 2.45) is 0 Å². The summed E-state index contributed by atoms with van der Waals surface area (Å²) in [6, 6.07) is 0. The van der Waals surface area contributed by atoms with Crippen LogP contribution in [0.4, 0.5) is 0 Å². The first-order valence-electron chi connectivity index (χ1n) is 3.30. The third-order valence-corrected chi connectivity index (χ3v) is 1.92. The normalized spacial score (nSPS) is 32.5. The number of nitrogens with one attached hydrogen (secondary N) is 1. The third kappa shape index (κ3) is 0.998. The van der Waals surface area contributed by atoms with Gasteiger partial charge in [0, 0.05) is 0 Å². The van der Waals surface area contributed by atoms with E-state index in [1.807, 2.05) is 0 Å². The van der Waals surface area contributed by atoms with E-state index in [1.54, 1.807) is 0 Å². The lowest BCUT2D eigenvalue weighted by molar-refractivity contribution is -0.145. The molecule has 3 N–H and O–H groups in total. The van der Waals surface area contributed by atoms with Gasteiger partial charge in [0.05, 0.1) is 6.61 Å². The molecule has 0 saturated carbocycles. The summed E-state index contributed by atoms with van der Waals surface area (Å²) in [7, 11) is 0. The second-order valence-electron chi connectivity index (χ2n) is 2.58. The summed E-state index contributed by atoms with van der Waals surface area (Å²) in [6.07, 6.45) is 1.35. The van der Waals surface area contributed by atoms with Crippen molar-refractivity contribution < 1.29 is 15.0 Å². The van der Waals surface area contributed by atoms with E-state index < -0.39 is 11.5 Å². The van der Waals surface area contributed by atoms with E-state index in [9.17, 15) is 4.79 Å². The number of aliphatic carboxylic acids is 1. The fraction of sp³-hybridized carbons (Fsp3) is 0.833. The quantitative estimate of drug-likeness (QED) is 0.475. The topological polar surface area (TPSA) is 69.6 Å². The Balaban J connectivity index is 2.67. The summed E-state index contributed by atoms with van der Waals surface area (Å²) in [5, 5.41) is 20.2. The molecule has 1 saturated heterocycles. The van der Waals surface area contributed by atoms with E-state index in [-0.39, 0.29) is 6.61 Å². The number of carbonyl (C=O) groups is 1. The highest BCUT2D eigenvalue weighted by Gasteiger charge is 2.40. The summed E-state index contributed by atoms with van der Waals surface area (Å²) in [4.78, 5) is 10.5. The molecule has 1 atom stereocenters. The van der Waals surface area contributed by atoms with Crippen LogP contribution in [0.5, 0.6) is 0 Å². The second-order valence-corrected chi connectivity index (χ2v) is 2.58. The lowest BCUT2D eigenvalue weighted by atomic mass is 9.99. The largest absolute Gasteiger partial charge is 0.480 e. The Morgan fingerprint density at radius 2 is 2.40 bits per heavy atom. The first-order chi connectivity index (χ1) is 4.71. The predicted octanol–water partition coefficient (Wildman–Crippen LogP) is -0.815. The van der Waals surface area contributed by atoms with Gasteiger partial charge in [0.1, 0.15) is 5.54 Å². The van der Waals surface area contributed by atoms with Crippen molar-refractivity contribution in [3.63, 3.8) is 0 Å². The predicted molar refractivity (Wildman–Crippen MR) is 34.7 cm³/mol. The van der Waals surface area contributed by atoms with Crippen LogP contribution < -0.4 is 5.32 Å². The Labute approximate surface area is 58.9 Å². The van der Waals surface area contributed by atoms with Gasteiger partial charge in [-0.3, -0.25) is 10.1 Å². The summed E-state index contributed by atoms with van der Waals surface area (Å²) in [5.41, 5.74) is -1.04. The Morgan fingerprint density at radius 1 is 1.70 bits per heavy atom. The molecule has 1 aliphatic rings. The summed E-state index contributed by atoms with van der Waals surface area (Å²) in [6.45, 7) is 0.370. The molecule has 4 nitrogen and oxygen atoms in total. The average Bonchev–Trinajstić information content (AvgIpc) is 2.35. The smallest absolute Gasteiger partial charge is 0.326 e. The van der Waals surface area contributed by atoms with Crippen LogP contribution in [0.15, 0.2) is 0 Å². The van der Waals surface area contributed by atoms with Crippen molar-refractivity contribution in [1.29, 1.82) is 0 Å².